The van der Waals surface area contributed by atoms with E-state index in [4.69, 9.17) is 0 Å². The number of nitro benzene ring substituents is 1. The number of piperidine rings is 1. The molecule has 0 spiro atoms. The summed E-state index contributed by atoms with van der Waals surface area (Å²) in [6, 6.07) is 4.78. The Kier molecular flexibility index (Phi) is 3.37. The first kappa shape index (κ1) is 13.4. The van der Waals surface area contributed by atoms with Crippen LogP contribution in [0.2, 0.25) is 0 Å². The quantitative estimate of drug-likeness (QED) is 0.662. The van der Waals surface area contributed by atoms with Gasteiger partial charge in [-0.05, 0) is 53.2 Å². The Morgan fingerprint density at radius 1 is 1.45 bits per heavy atom. The fourth-order valence-corrected chi connectivity index (χ4v) is 3.49. The van der Waals surface area contributed by atoms with Gasteiger partial charge in [0.05, 0.1) is 9.40 Å². The minimum atomic E-state index is -0.475. The Morgan fingerprint density at radius 3 is 2.85 bits per heavy atom. The van der Waals surface area contributed by atoms with Crippen molar-refractivity contribution in [3.05, 3.63) is 32.8 Å². The Bertz CT molecular complexity index is 578. The maximum atomic E-state index is 12.2. The minimum absolute atomic E-state index is 0.0502. The molecule has 2 atom stereocenters. The number of carbonyl (C=O) groups is 1. The van der Waals surface area contributed by atoms with Gasteiger partial charge < -0.3 is 10.2 Å². The van der Waals surface area contributed by atoms with Crippen LogP contribution in [0, 0.1) is 16.0 Å². The first-order chi connectivity index (χ1) is 9.54. The predicted octanol–water partition coefficient (Wildman–Crippen LogP) is 3.37. The molecule has 2 bridgehead atoms. The molecule has 1 N–H and O–H groups in total. The van der Waals surface area contributed by atoms with Crippen LogP contribution in [0.15, 0.2) is 22.7 Å². The van der Waals surface area contributed by atoms with Gasteiger partial charge in [-0.3, -0.25) is 10.1 Å². The minimum Gasteiger partial charge on any atom is -0.321 e. The predicted molar refractivity (Wildman–Crippen MR) is 77.7 cm³/mol. The average Bonchev–Trinajstić information content (AvgIpc) is 3.03. The summed E-state index contributed by atoms with van der Waals surface area (Å²) in [6.07, 6.45) is 3.37. The van der Waals surface area contributed by atoms with Crippen LogP contribution < -0.4 is 5.32 Å². The third kappa shape index (κ3) is 2.37. The number of nitrogens with zero attached hydrogens (tertiary/aromatic N) is 2. The number of urea groups is 1. The van der Waals surface area contributed by atoms with Crippen LogP contribution in [-0.4, -0.2) is 28.4 Å². The number of fused-ring (bicyclic) bond motifs is 2. The molecule has 3 rings (SSSR count). The molecular formula is C13H14BrN3O3. The molecular weight excluding hydrogens is 326 g/mol. The normalized spacial score (nSPS) is 23.9. The van der Waals surface area contributed by atoms with E-state index < -0.39 is 4.92 Å². The maximum Gasteiger partial charge on any atom is 0.322 e. The lowest BCUT2D eigenvalue weighted by Gasteiger charge is -2.27. The molecule has 1 aliphatic carbocycles. The highest BCUT2D eigenvalue weighted by Gasteiger charge is 2.40. The van der Waals surface area contributed by atoms with Gasteiger partial charge in [0.15, 0.2) is 0 Å². The van der Waals surface area contributed by atoms with Crippen molar-refractivity contribution in [2.75, 3.05) is 11.9 Å². The zero-order valence-electron chi connectivity index (χ0n) is 10.7. The maximum absolute atomic E-state index is 12.2. The Balaban J connectivity index is 1.73. The summed E-state index contributed by atoms with van der Waals surface area (Å²) in [7, 11) is 0. The average molecular weight is 340 g/mol. The zero-order chi connectivity index (χ0) is 14.3. The number of hydrogen-bond acceptors (Lipinski definition) is 3. The number of halogens is 1. The van der Waals surface area contributed by atoms with Crippen LogP contribution in [0.25, 0.3) is 0 Å². The third-order valence-electron chi connectivity index (χ3n) is 4.06. The second-order valence-corrected chi connectivity index (χ2v) is 6.19. The first-order valence-corrected chi connectivity index (χ1v) is 7.35. The lowest BCUT2D eigenvalue weighted by Crippen LogP contribution is -2.40. The van der Waals surface area contributed by atoms with Gasteiger partial charge in [-0.2, -0.15) is 0 Å². The fourth-order valence-electron chi connectivity index (χ4n) is 3.10. The third-order valence-corrected chi connectivity index (χ3v) is 4.73. The number of likely N-dealkylation sites (tertiary alicyclic amines) is 1. The van der Waals surface area contributed by atoms with E-state index in [-0.39, 0.29) is 11.7 Å². The standard InChI is InChI=1S/C13H14BrN3O3/c14-11-4-2-9(6-12(11)17(19)20)15-13(18)16-7-8-1-3-10(16)5-8/h2,4,6,8,10H,1,3,5,7H2,(H,15,18)/t8-,10+/m0/s1. The van der Waals surface area contributed by atoms with Crippen molar-refractivity contribution >= 4 is 33.3 Å². The summed E-state index contributed by atoms with van der Waals surface area (Å²) in [4.78, 5) is 24.5. The molecule has 0 aromatic heterocycles. The van der Waals surface area contributed by atoms with Crippen LogP contribution >= 0.6 is 15.9 Å². The van der Waals surface area contributed by atoms with Gasteiger partial charge in [0.1, 0.15) is 0 Å². The van der Waals surface area contributed by atoms with Gasteiger partial charge in [-0.15, -0.1) is 0 Å². The molecule has 7 heteroatoms. The molecule has 2 amide bonds. The molecule has 1 heterocycles. The second kappa shape index (κ2) is 5.05. The van der Waals surface area contributed by atoms with E-state index in [0.717, 1.165) is 19.4 Å². The molecule has 106 valence electrons. The number of anilines is 1. The molecule has 6 nitrogen and oxygen atoms in total. The summed E-state index contributed by atoms with van der Waals surface area (Å²) < 4.78 is 0.403. The molecule has 1 aromatic rings. The van der Waals surface area contributed by atoms with Crippen molar-refractivity contribution in [1.29, 1.82) is 0 Å². The zero-order valence-corrected chi connectivity index (χ0v) is 12.3. The SMILES string of the molecule is O=C(Nc1ccc(Br)c([N+](=O)[O-])c1)N1C[C@H]2CC[C@@H]1C2. The van der Waals surface area contributed by atoms with E-state index in [1.165, 1.54) is 12.5 Å². The molecule has 1 aliphatic heterocycles. The van der Waals surface area contributed by atoms with E-state index in [1.54, 1.807) is 12.1 Å². The molecule has 1 aromatic carbocycles. The summed E-state index contributed by atoms with van der Waals surface area (Å²) in [5.41, 5.74) is 0.401. The smallest absolute Gasteiger partial charge is 0.321 e. The number of hydrogen-bond donors (Lipinski definition) is 1. The first-order valence-electron chi connectivity index (χ1n) is 6.56. The Labute approximate surface area is 124 Å². The number of benzene rings is 1. The van der Waals surface area contributed by atoms with Crippen molar-refractivity contribution in [2.24, 2.45) is 5.92 Å². The Hall–Kier alpha value is -1.63. The highest BCUT2D eigenvalue weighted by Crippen LogP contribution is 2.37. The van der Waals surface area contributed by atoms with Crippen LogP contribution in [0.1, 0.15) is 19.3 Å². The van der Waals surface area contributed by atoms with E-state index >= 15 is 0 Å². The molecule has 1 saturated heterocycles. The number of amides is 2. The van der Waals surface area contributed by atoms with Crippen LogP contribution in [0.5, 0.6) is 0 Å². The van der Waals surface area contributed by atoms with Crippen molar-refractivity contribution < 1.29 is 9.72 Å². The molecule has 2 fully saturated rings. The lowest BCUT2D eigenvalue weighted by atomic mass is 10.1. The molecule has 2 aliphatic rings. The molecule has 1 saturated carbocycles. The number of rotatable bonds is 2. The molecule has 20 heavy (non-hydrogen) atoms. The van der Waals surface area contributed by atoms with Gasteiger partial charge in [0.25, 0.3) is 5.69 Å². The largest absolute Gasteiger partial charge is 0.322 e. The number of nitro groups is 1. The van der Waals surface area contributed by atoms with Crippen LogP contribution in [0.4, 0.5) is 16.2 Å². The van der Waals surface area contributed by atoms with Crippen LogP contribution in [0.3, 0.4) is 0 Å². The van der Waals surface area contributed by atoms with E-state index in [0.29, 0.717) is 22.1 Å². The van der Waals surface area contributed by atoms with Crippen LogP contribution in [-0.2, 0) is 0 Å². The van der Waals surface area contributed by atoms with E-state index in [9.17, 15) is 14.9 Å². The highest BCUT2D eigenvalue weighted by atomic mass is 79.9. The van der Waals surface area contributed by atoms with Crippen molar-refractivity contribution in [1.82, 2.24) is 4.90 Å². The van der Waals surface area contributed by atoms with Gasteiger partial charge >= 0.3 is 6.03 Å². The van der Waals surface area contributed by atoms with E-state index in [1.807, 2.05) is 4.90 Å². The van der Waals surface area contributed by atoms with Crippen molar-refractivity contribution in [3.8, 4) is 0 Å². The molecule has 0 unspecified atom stereocenters. The highest BCUT2D eigenvalue weighted by molar-refractivity contribution is 9.10. The number of nitrogens with one attached hydrogen (secondary N) is 1. The summed E-state index contributed by atoms with van der Waals surface area (Å²) in [5, 5.41) is 13.6. The Morgan fingerprint density at radius 2 is 2.25 bits per heavy atom. The fraction of sp³-hybridized carbons (Fsp3) is 0.462. The monoisotopic (exact) mass is 339 g/mol. The van der Waals surface area contributed by atoms with Crippen molar-refractivity contribution in [2.45, 2.75) is 25.3 Å². The topological polar surface area (TPSA) is 75.5 Å². The van der Waals surface area contributed by atoms with Gasteiger partial charge in [-0.25, -0.2) is 4.79 Å². The van der Waals surface area contributed by atoms with Gasteiger partial charge in [0.2, 0.25) is 0 Å². The van der Waals surface area contributed by atoms with Crippen molar-refractivity contribution in [3.63, 3.8) is 0 Å². The van der Waals surface area contributed by atoms with E-state index in [2.05, 4.69) is 21.2 Å². The van der Waals surface area contributed by atoms with Gasteiger partial charge in [0, 0.05) is 24.3 Å². The van der Waals surface area contributed by atoms with Gasteiger partial charge in [-0.1, -0.05) is 0 Å². The lowest BCUT2D eigenvalue weighted by molar-refractivity contribution is -0.385. The summed E-state index contributed by atoms with van der Waals surface area (Å²) in [6.45, 7) is 0.801. The molecule has 0 radical (unpaired) electrons. The number of carbonyl (C=O) groups excluding carboxylic acids is 1. The second-order valence-electron chi connectivity index (χ2n) is 5.34. The summed E-state index contributed by atoms with van der Waals surface area (Å²) in [5.74, 6) is 0.630. The summed E-state index contributed by atoms with van der Waals surface area (Å²) >= 11 is 3.13.